The molecule has 0 saturated carbocycles. The van der Waals surface area contributed by atoms with Crippen LogP contribution >= 0.6 is 0 Å². The molecule has 14 heavy (non-hydrogen) atoms. The van der Waals surface area contributed by atoms with E-state index in [1.807, 2.05) is 0 Å². The summed E-state index contributed by atoms with van der Waals surface area (Å²) < 4.78 is 10.6. The highest BCUT2D eigenvalue weighted by Gasteiger charge is 2.30. The highest BCUT2D eigenvalue weighted by Crippen LogP contribution is 2.16. The molecule has 1 rings (SSSR count). The molecule has 0 bridgehead atoms. The second kappa shape index (κ2) is 5.66. The molecule has 1 unspecified atom stereocenters. The van der Waals surface area contributed by atoms with Crippen LogP contribution < -0.4 is 5.73 Å². The molecule has 4 nitrogen and oxygen atoms in total. The van der Waals surface area contributed by atoms with E-state index in [9.17, 15) is 0 Å². The van der Waals surface area contributed by atoms with Crippen molar-refractivity contribution in [2.24, 2.45) is 5.73 Å². The van der Waals surface area contributed by atoms with Crippen molar-refractivity contribution >= 4 is 0 Å². The van der Waals surface area contributed by atoms with Gasteiger partial charge in [-0.3, -0.25) is 4.90 Å². The SMILES string of the molecule is COCC(C)(CN)N1CCCOCC1. The van der Waals surface area contributed by atoms with E-state index < -0.39 is 0 Å². The summed E-state index contributed by atoms with van der Waals surface area (Å²) in [5, 5.41) is 0. The molecule has 1 atom stereocenters. The average molecular weight is 202 g/mol. The van der Waals surface area contributed by atoms with Crippen LogP contribution in [0.4, 0.5) is 0 Å². The van der Waals surface area contributed by atoms with Crippen molar-refractivity contribution in [2.75, 3.05) is 46.6 Å². The van der Waals surface area contributed by atoms with E-state index in [2.05, 4.69) is 11.8 Å². The summed E-state index contributed by atoms with van der Waals surface area (Å²) in [6, 6.07) is 0. The minimum atomic E-state index is -0.0392. The predicted octanol–water partition coefficient (Wildman–Crippen LogP) is 0.0725. The van der Waals surface area contributed by atoms with Gasteiger partial charge >= 0.3 is 0 Å². The molecule has 1 aliphatic rings. The maximum Gasteiger partial charge on any atom is 0.0656 e. The molecule has 4 heteroatoms. The van der Waals surface area contributed by atoms with Crippen LogP contribution in [0.1, 0.15) is 13.3 Å². The van der Waals surface area contributed by atoms with Gasteiger partial charge in [0, 0.05) is 33.4 Å². The van der Waals surface area contributed by atoms with Crippen LogP contribution in [0.15, 0.2) is 0 Å². The van der Waals surface area contributed by atoms with Gasteiger partial charge in [0.1, 0.15) is 0 Å². The van der Waals surface area contributed by atoms with Gasteiger partial charge in [-0.25, -0.2) is 0 Å². The summed E-state index contributed by atoms with van der Waals surface area (Å²) in [7, 11) is 1.72. The van der Waals surface area contributed by atoms with Crippen LogP contribution in [0, 0.1) is 0 Å². The molecule has 0 spiro atoms. The fourth-order valence-corrected chi connectivity index (χ4v) is 1.88. The zero-order valence-electron chi connectivity index (χ0n) is 9.29. The van der Waals surface area contributed by atoms with Crippen LogP contribution in [0.5, 0.6) is 0 Å². The summed E-state index contributed by atoms with van der Waals surface area (Å²) >= 11 is 0. The Bertz CT molecular complexity index is 158. The first-order valence-corrected chi connectivity index (χ1v) is 5.25. The van der Waals surface area contributed by atoms with Crippen LogP contribution in [0.2, 0.25) is 0 Å². The molecule has 1 aliphatic heterocycles. The van der Waals surface area contributed by atoms with Crippen molar-refractivity contribution in [1.82, 2.24) is 4.90 Å². The number of nitrogens with zero attached hydrogens (tertiary/aromatic N) is 1. The van der Waals surface area contributed by atoms with Gasteiger partial charge in [-0.05, 0) is 13.3 Å². The lowest BCUT2D eigenvalue weighted by atomic mass is 10.0. The molecule has 0 aliphatic carbocycles. The zero-order valence-corrected chi connectivity index (χ0v) is 9.29. The van der Waals surface area contributed by atoms with E-state index >= 15 is 0 Å². The van der Waals surface area contributed by atoms with E-state index in [4.69, 9.17) is 15.2 Å². The Labute approximate surface area is 86.3 Å². The van der Waals surface area contributed by atoms with Crippen LogP contribution in [0.25, 0.3) is 0 Å². The summed E-state index contributed by atoms with van der Waals surface area (Å²) in [6.45, 7) is 7.14. The summed E-state index contributed by atoms with van der Waals surface area (Å²) in [5.41, 5.74) is 5.77. The van der Waals surface area contributed by atoms with Crippen molar-refractivity contribution in [3.05, 3.63) is 0 Å². The summed E-state index contributed by atoms with van der Waals surface area (Å²) in [5.74, 6) is 0. The Morgan fingerprint density at radius 3 is 2.86 bits per heavy atom. The standard InChI is InChI=1S/C10H22N2O2/c1-10(8-11,9-13-2)12-4-3-6-14-7-5-12/h3-9,11H2,1-2H3. The predicted molar refractivity (Wildman–Crippen MR) is 56.3 cm³/mol. The molecule has 0 aromatic carbocycles. The first-order valence-electron chi connectivity index (χ1n) is 5.25. The molecule has 0 aromatic rings. The monoisotopic (exact) mass is 202 g/mol. The lowest BCUT2D eigenvalue weighted by Gasteiger charge is -2.39. The Morgan fingerprint density at radius 1 is 1.43 bits per heavy atom. The van der Waals surface area contributed by atoms with Gasteiger partial charge in [-0.1, -0.05) is 0 Å². The highest BCUT2D eigenvalue weighted by atomic mass is 16.5. The van der Waals surface area contributed by atoms with Gasteiger partial charge < -0.3 is 15.2 Å². The lowest BCUT2D eigenvalue weighted by molar-refractivity contribution is 0.0249. The first kappa shape index (κ1) is 11.9. The Balaban J connectivity index is 2.56. The lowest BCUT2D eigenvalue weighted by Crippen LogP contribution is -2.55. The van der Waals surface area contributed by atoms with E-state index in [-0.39, 0.29) is 5.54 Å². The number of ether oxygens (including phenoxy) is 2. The molecule has 0 aromatic heterocycles. The second-order valence-electron chi connectivity index (χ2n) is 4.09. The van der Waals surface area contributed by atoms with Crippen LogP contribution in [-0.4, -0.2) is 57.0 Å². The minimum absolute atomic E-state index is 0.0392. The van der Waals surface area contributed by atoms with Gasteiger partial charge in [0.05, 0.1) is 18.8 Å². The molecular formula is C10H22N2O2. The topological polar surface area (TPSA) is 47.7 Å². The van der Waals surface area contributed by atoms with Crippen molar-refractivity contribution in [3.63, 3.8) is 0 Å². The smallest absolute Gasteiger partial charge is 0.0656 e. The van der Waals surface area contributed by atoms with Crippen molar-refractivity contribution in [3.8, 4) is 0 Å². The molecule has 84 valence electrons. The number of hydrogen-bond donors (Lipinski definition) is 1. The maximum atomic E-state index is 5.81. The van der Waals surface area contributed by atoms with Crippen molar-refractivity contribution in [1.29, 1.82) is 0 Å². The van der Waals surface area contributed by atoms with Gasteiger partial charge in [0.2, 0.25) is 0 Å². The Hall–Kier alpha value is -0.160. The third-order valence-corrected chi connectivity index (χ3v) is 2.88. The number of rotatable bonds is 4. The molecule has 1 fully saturated rings. The largest absolute Gasteiger partial charge is 0.383 e. The Kier molecular flexibility index (Phi) is 4.81. The fraction of sp³-hybridized carbons (Fsp3) is 1.00. The van der Waals surface area contributed by atoms with Gasteiger partial charge in [0.15, 0.2) is 0 Å². The molecule has 2 N–H and O–H groups in total. The Morgan fingerprint density at radius 2 is 2.21 bits per heavy atom. The van der Waals surface area contributed by atoms with Crippen LogP contribution in [-0.2, 0) is 9.47 Å². The quantitative estimate of drug-likeness (QED) is 0.701. The third kappa shape index (κ3) is 2.92. The van der Waals surface area contributed by atoms with E-state index in [0.29, 0.717) is 13.2 Å². The highest BCUT2D eigenvalue weighted by molar-refractivity contribution is 4.87. The molecule has 1 saturated heterocycles. The van der Waals surface area contributed by atoms with E-state index in [1.165, 1.54) is 0 Å². The molecule has 0 amide bonds. The number of methoxy groups -OCH3 is 1. The summed E-state index contributed by atoms with van der Waals surface area (Å²) in [6.07, 6.45) is 1.08. The molecular weight excluding hydrogens is 180 g/mol. The second-order valence-corrected chi connectivity index (χ2v) is 4.09. The van der Waals surface area contributed by atoms with Gasteiger partial charge in [-0.15, -0.1) is 0 Å². The average Bonchev–Trinajstić information content (AvgIpc) is 2.46. The van der Waals surface area contributed by atoms with Crippen molar-refractivity contribution < 1.29 is 9.47 Å². The summed E-state index contributed by atoms with van der Waals surface area (Å²) in [4.78, 5) is 2.38. The zero-order chi connectivity index (χ0) is 10.4. The van der Waals surface area contributed by atoms with E-state index in [0.717, 1.165) is 32.7 Å². The van der Waals surface area contributed by atoms with Gasteiger partial charge in [-0.2, -0.15) is 0 Å². The fourth-order valence-electron chi connectivity index (χ4n) is 1.88. The number of nitrogens with two attached hydrogens (primary N) is 1. The van der Waals surface area contributed by atoms with E-state index in [1.54, 1.807) is 7.11 Å². The molecule has 0 radical (unpaired) electrons. The third-order valence-electron chi connectivity index (χ3n) is 2.88. The van der Waals surface area contributed by atoms with Crippen molar-refractivity contribution in [2.45, 2.75) is 18.9 Å². The van der Waals surface area contributed by atoms with Crippen LogP contribution in [0.3, 0.4) is 0 Å². The number of hydrogen-bond acceptors (Lipinski definition) is 4. The van der Waals surface area contributed by atoms with Gasteiger partial charge in [0.25, 0.3) is 0 Å². The maximum absolute atomic E-state index is 5.81. The minimum Gasteiger partial charge on any atom is -0.383 e. The normalized spacial score (nSPS) is 24.2. The molecule has 1 heterocycles. The first-order chi connectivity index (χ1) is 6.73.